The molecule has 0 bridgehead atoms. The zero-order valence-corrected chi connectivity index (χ0v) is 16.8. The third kappa shape index (κ3) is 5.03. The van der Waals surface area contributed by atoms with Gasteiger partial charge in [-0.05, 0) is 48.0 Å². The van der Waals surface area contributed by atoms with E-state index in [1.807, 2.05) is 30.3 Å². The minimum absolute atomic E-state index is 0.0750. The number of imide groups is 1. The van der Waals surface area contributed by atoms with Crippen LogP contribution in [0.15, 0.2) is 65.6 Å². The predicted octanol–water partition coefficient (Wildman–Crippen LogP) is 3.92. The van der Waals surface area contributed by atoms with Gasteiger partial charge in [-0.1, -0.05) is 48.6 Å². The summed E-state index contributed by atoms with van der Waals surface area (Å²) >= 11 is 0.749. The summed E-state index contributed by atoms with van der Waals surface area (Å²) in [6.45, 7) is 1.25. The monoisotopic (exact) mass is 422 g/mol. The quantitative estimate of drug-likeness (QED) is 0.684. The average molecular weight is 422 g/mol. The number of carbonyl (C=O) groups is 4. The van der Waals surface area contributed by atoms with Crippen LogP contribution in [-0.4, -0.2) is 39.6 Å². The molecule has 0 radical (unpaired) electrons. The minimum atomic E-state index is -1.19. The lowest BCUT2D eigenvalue weighted by Gasteiger charge is -2.14. The Bertz CT molecular complexity index is 1080. The summed E-state index contributed by atoms with van der Waals surface area (Å²) < 4.78 is 0. The number of nitrogens with zero attached hydrogens (tertiary/aromatic N) is 1. The van der Waals surface area contributed by atoms with E-state index >= 15 is 0 Å². The summed E-state index contributed by atoms with van der Waals surface area (Å²) in [7, 11) is 0. The van der Waals surface area contributed by atoms with Crippen LogP contribution < -0.4 is 5.32 Å². The Balaban J connectivity index is 1.68. The van der Waals surface area contributed by atoms with Crippen LogP contribution in [0.5, 0.6) is 0 Å². The molecule has 0 aliphatic carbocycles. The Hall–Kier alpha value is -3.65. The lowest BCUT2D eigenvalue weighted by atomic mass is 10.1. The molecule has 8 heteroatoms. The molecule has 0 atom stereocenters. The van der Waals surface area contributed by atoms with Crippen molar-refractivity contribution in [3.8, 4) is 0 Å². The molecule has 1 aliphatic rings. The molecule has 2 aromatic rings. The van der Waals surface area contributed by atoms with E-state index in [0.717, 1.165) is 27.8 Å². The van der Waals surface area contributed by atoms with E-state index in [1.54, 1.807) is 25.1 Å². The molecule has 7 nitrogen and oxygen atoms in total. The number of anilines is 1. The standard InChI is InChI=1S/C22H18N2O5S/c1-14-10-11-16(21(27)28)17(12-14)23-19(25)13-24-20(26)18(30-22(24)29)9-5-8-15-6-3-2-4-7-15/h2-12H,13H2,1H3,(H,23,25)(H,27,28)/b8-5+,18-9-. The van der Waals surface area contributed by atoms with Crippen molar-refractivity contribution in [1.29, 1.82) is 0 Å². The van der Waals surface area contributed by atoms with Crippen molar-refractivity contribution in [2.24, 2.45) is 0 Å². The molecule has 3 amide bonds. The fourth-order valence-electron chi connectivity index (χ4n) is 2.74. The minimum Gasteiger partial charge on any atom is -0.478 e. The number of nitrogens with one attached hydrogen (secondary N) is 1. The van der Waals surface area contributed by atoms with Gasteiger partial charge in [0.1, 0.15) is 6.54 Å². The fourth-order valence-corrected chi connectivity index (χ4v) is 3.53. The first-order valence-electron chi connectivity index (χ1n) is 8.96. The van der Waals surface area contributed by atoms with Crippen LogP contribution in [0.2, 0.25) is 0 Å². The van der Waals surface area contributed by atoms with E-state index in [9.17, 15) is 24.3 Å². The molecular formula is C22H18N2O5S. The van der Waals surface area contributed by atoms with Crippen LogP contribution in [0.3, 0.4) is 0 Å². The highest BCUT2D eigenvalue weighted by Crippen LogP contribution is 2.30. The zero-order chi connectivity index (χ0) is 21.7. The average Bonchev–Trinajstić information content (AvgIpc) is 2.96. The third-order valence-corrected chi connectivity index (χ3v) is 5.12. The van der Waals surface area contributed by atoms with Crippen molar-refractivity contribution in [2.45, 2.75) is 6.92 Å². The summed E-state index contributed by atoms with van der Waals surface area (Å²) in [5.74, 6) is -2.42. The first-order valence-corrected chi connectivity index (χ1v) is 9.77. The Kier molecular flexibility index (Phi) is 6.48. The zero-order valence-electron chi connectivity index (χ0n) is 16.0. The molecule has 0 unspecified atom stereocenters. The first kappa shape index (κ1) is 21.1. The van der Waals surface area contributed by atoms with Gasteiger partial charge in [0, 0.05) is 0 Å². The van der Waals surface area contributed by atoms with Gasteiger partial charge in [-0.3, -0.25) is 19.3 Å². The topological polar surface area (TPSA) is 104 Å². The van der Waals surface area contributed by atoms with E-state index in [1.165, 1.54) is 18.2 Å². The van der Waals surface area contributed by atoms with Crippen molar-refractivity contribution in [3.63, 3.8) is 0 Å². The van der Waals surface area contributed by atoms with Crippen molar-refractivity contribution < 1.29 is 24.3 Å². The van der Waals surface area contributed by atoms with Gasteiger partial charge in [-0.15, -0.1) is 0 Å². The number of aryl methyl sites for hydroxylation is 1. The second kappa shape index (κ2) is 9.23. The van der Waals surface area contributed by atoms with Crippen LogP contribution in [0.1, 0.15) is 21.5 Å². The number of benzene rings is 2. The highest BCUT2D eigenvalue weighted by molar-refractivity contribution is 8.18. The van der Waals surface area contributed by atoms with Crippen molar-refractivity contribution in [3.05, 3.63) is 82.3 Å². The number of thioether (sulfide) groups is 1. The van der Waals surface area contributed by atoms with Crippen molar-refractivity contribution >= 4 is 46.5 Å². The largest absolute Gasteiger partial charge is 0.478 e. The maximum absolute atomic E-state index is 12.5. The lowest BCUT2D eigenvalue weighted by molar-refractivity contribution is -0.127. The van der Waals surface area contributed by atoms with E-state index in [-0.39, 0.29) is 16.2 Å². The molecule has 30 heavy (non-hydrogen) atoms. The lowest BCUT2D eigenvalue weighted by Crippen LogP contribution is -2.36. The van der Waals surface area contributed by atoms with Gasteiger partial charge in [0.25, 0.3) is 11.1 Å². The number of amides is 3. The molecule has 0 saturated carbocycles. The second-order valence-electron chi connectivity index (χ2n) is 6.46. The third-order valence-electron chi connectivity index (χ3n) is 4.19. The number of rotatable bonds is 6. The predicted molar refractivity (Wildman–Crippen MR) is 115 cm³/mol. The number of allylic oxidation sites excluding steroid dienone is 2. The van der Waals surface area contributed by atoms with E-state index in [4.69, 9.17) is 0 Å². The molecule has 2 N–H and O–H groups in total. The molecule has 0 spiro atoms. The highest BCUT2D eigenvalue weighted by atomic mass is 32.2. The van der Waals surface area contributed by atoms with E-state index in [2.05, 4.69) is 5.32 Å². The summed E-state index contributed by atoms with van der Waals surface area (Å²) in [6, 6.07) is 14.0. The molecule has 3 rings (SSSR count). The van der Waals surface area contributed by atoms with Gasteiger partial charge in [-0.25, -0.2) is 4.79 Å². The number of carboxylic acids is 1. The Labute approximate surface area is 177 Å². The summed E-state index contributed by atoms with van der Waals surface area (Å²) in [4.78, 5) is 49.4. The van der Waals surface area contributed by atoms with E-state index in [0.29, 0.717) is 0 Å². The second-order valence-corrected chi connectivity index (χ2v) is 7.46. The number of carbonyl (C=O) groups excluding carboxylic acids is 3. The Morgan fingerprint density at radius 1 is 1.13 bits per heavy atom. The SMILES string of the molecule is Cc1ccc(C(=O)O)c(NC(=O)CN2C(=O)S/C(=C\C=C\c3ccccc3)C2=O)c1. The van der Waals surface area contributed by atoms with Crippen LogP contribution in [0, 0.1) is 6.92 Å². The summed E-state index contributed by atoms with van der Waals surface area (Å²) in [5, 5.41) is 11.2. The number of hydrogen-bond donors (Lipinski definition) is 2. The molecule has 1 aliphatic heterocycles. The van der Waals surface area contributed by atoms with Gasteiger partial charge in [0.05, 0.1) is 16.2 Å². The molecule has 152 valence electrons. The van der Waals surface area contributed by atoms with Gasteiger partial charge in [0.2, 0.25) is 5.91 Å². The van der Waals surface area contributed by atoms with Gasteiger partial charge >= 0.3 is 5.97 Å². The maximum Gasteiger partial charge on any atom is 0.337 e. The van der Waals surface area contributed by atoms with Crippen molar-refractivity contribution in [2.75, 3.05) is 11.9 Å². The van der Waals surface area contributed by atoms with E-state index < -0.39 is 29.6 Å². The molecule has 1 heterocycles. The molecular weight excluding hydrogens is 404 g/mol. The Morgan fingerprint density at radius 2 is 1.87 bits per heavy atom. The van der Waals surface area contributed by atoms with Crippen LogP contribution in [0.4, 0.5) is 10.5 Å². The van der Waals surface area contributed by atoms with Gasteiger partial charge in [-0.2, -0.15) is 0 Å². The number of aromatic carboxylic acids is 1. The van der Waals surface area contributed by atoms with Gasteiger partial charge in [0.15, 0.2) is 0 Å². The van der Waals surface area contributed by atoms with Crippen LogP contribution in [-0.2, 0) is 9.59 Å². The molecule has 0 aromatic heterocycles. The molecule has 1 saturated heterocycles. The smallest absolute Gasteiger partial charge is 0.337 e. The van der Waals surface area contributed by atoms with Crippen LogP contribution in [0.25, 0.3) is 6.08 Å². The van der Waals surface area contributed by atoms with Gasteiger partial charge < -0.3 is 10.4 Å². The van der Waals surface area contributed by atoms with Crippen LogP contribution >= 0.6 is 11.8 Å². The van der Waals surface area contributed by atoms with Crippen molar-refractivity contribution in [1.82, 2.24) is 4.90 Å². The summed E-state index contributed by atoms with van der Waals surface area (Å²) in [6.07, 6.45) is 4.99. The maximum atomic E-state index is 12.5. The molecule has 1 fully saturated rings. The normalized spacial score (nSPS) is 15.2. The number of hydrogen-bond acceptors (Lipinski definition) is 5. The highest BCUT2D eigenvalue weighted by Gasteiger charge is 2.36. The Morgan fingerprint density at radius 3 is 2.57 bits per heavy atom. The summed E-state index contributed by atoms with van der Waals surface area (Å²) in [5.41, 5.74) is 1.74. The molecule has 2 aromatic carbocycles. The fraction of sp³-hybridized carbons (Fsp3) is 0.0909. The number of carboxylic acid groups (broad SMARTS) is 1. The first-order chi connectivity index (χ1) is 14.3.